The highest BCUT2D eigenvalue weighted by molar-refractivity contribution is 6.31. The van der Waals surface area contributed by atoms with Crippen molar-refractivity contribution >= 4 is 23.4 Å². The molecule has 1 fully saturated rings. The number of hydrogen-bond acceptors (Lipinski definition) is 4. The molecule has 120 valence electrons. The van der Waals surface area contributed by atoms with Crippen LogP contribution in [0.1, 0.15) is 25.5 Å². The molecule has 1 saturated heterocycles. The molecule has 1 aliphatic heterocycles. The van der Waals surface area contributed by atoms with Crippen molar-refractivity contribution in [1.82, 2.24) is 15.2 Å². The average molecular weight is 325 g/mol. The Morgan fingerprint density at radius 2 is 2.23 bits per heavy atom. The van der Waals surface area contributed by atoms with Gasteiger partial charge in [-0.15, -0.1) is 0 Å². The zero-order valence-corrected chi connectivity index (χ0v) is 13.3. The van der Waals surface area contributed by atoms with Crippen molar-refractivity contribution in [1.29, 1.82) is 0 Å². The topological polar surface area (TPSA) is 88.3 Å². The number of pyridine rings is 1. The van der Waals surface area contributed by atoms with E-state index in [9.17, 15) is 9.59 Å². The van der Waals surface area contributed by atoms with Gasteiger partial charge in [-0.3, -0.25) is 14.6 Å². The van der Waals surface area contributed by atoms with Gasteiger partial charge in [0.25, 0.3) is 0 Å². The van der Waals surface area contributed by atoms with E-state index in [2.05, 4.69) is 10.3 Å². The molecule has 7 heteroatoms. The number of rotatable bonds is 3. The lowest BCUT2D eigenvalue weighted by Gasteiger charge is -2.23. The van der Waals surface area contributed by atoms with Gasteiger partial charge in [-0.1, -0.05) is 11.6 Å². The quantitative estimate of drug-likeness (QED) is 0.866. The van der Waals surface area contributed by atoms with Gasteiger partial charge in [0, 0.05) is 32.3 Å². The number of carbonyl (C=O) groups excluding carboxylic acids is 2. The molecule has 2 heterocycles. The van der Waals surface area contributed by atoms with E-state index in [0.29, 0.717) is 30.2 Å². The third-order valence-corrected chi connectivity index (χ3v) is 4.21. The number of nitrogens with zero attached hydrogens (tertiary/aromatic N) is 2. The van der Waals surface area contributed by atoms with Crippen LogP contribution in [0, 0.1) is 5.92 Å². The summed E-state index contributed by atoms with van der Waals surface area (Å²) in [5.41, 5.74) is 6.59. The van der Waals surface area contributed by atoms with E-state index in [1.165, 1.54) is 6.92 Å². The Bertz CT molecular complexity index is 552. The summed E-state index contributed by atoms with van der Waals surface area (Å²) in [6.45, 7) is 2.69. The molecule has 0 saturated carbocycles. The third-order valence-electron chi connectivity index (χ3n) is 3.86. The number of hydrogen-bond donors (Lipinski definition) is 2. The Morgan fingerprint density at radius 1 is 1.45 bits per heavy atom. The fraction of sp³-hybridized carbons (Fsp3) is 0.533. The predicted octanol–water partition coefficient (Wildman–Crippen LogP) is 0.937. The van der Waals surface area contributed by atoms with E-state index in [0.717, 1.165) is 6.42 Å². The third kappa shape index (κ3) is 4.42. The van der Waals surface area contributed by atoms with Crippen LogP contribution in [0.15, 0.2) is 18.3 Å². The van der Waals surface area contributed by atoms with Gasteiger partial charge in [0.05, 0.1) is 23.2 Å². The summed E-state index contributed by atoms with van der Waals surface area (Å²) < 4.78 is 0. The number of halogens is 1. The van der Waals surface area contributed by atoms with Crippen molar-refractivity contribution in [2.45, 2.75) is 32.4 Å². The number of nitrogens with two attached hydrogens (primary N) is 1. The molecule has 0 aromatic carbocycles. The van der Waals surface area contributed by atoms with Crippen LogP contribution in [0.4, 0.5) is 0 Å². The van der Waals surface area contributed by atoms with Crippen molar-refractivity contribution in [3.8, 4) is 0 Å². The van der Waals surface area contributed by atoms with E-state index in [1.54, 1.807) is 23.2 Å². The van der Waals surface area contributed by atoms with E-state index >= 15 is 0 Å². The van der Waals surface area contributed by atoms with Crippen LogP contribution in [0.3, 0.4) is 0 Å². The summed E-state index contributed by atoms with van der Waals surface area (Å²) in [6.07, 6.45) is 3.04. The summed E-state index contributed by atoms with van der Waals surface area (Å²) in [5.74, 6) is -0.398. The number of nitrogens with one attached hydrogen (secondary N) is 1. The second kappa shape index (κ2) is 7.56. The zero-order valence-electron chi connectivity index (χ0n) is 12.6. The molecule has 22 heavy (non-hydrogen) atoms. The largest absolute Gasteiger partial charge is 0.350 e. The van der Waals surface area contributed by atoms with Crippen molar-refractivity contribution in [2.24, 2.45) is 11.7 Å². The maximum atomic E-state index is 12.3. The molecule has 1 aromatic rings. The van der Waals surface area contributed by atoms with Gasteiger partial charge in [0.15, 0.2) is 0 Å². The van der Waals surface area contributed by atoms with Gasteiger partial charge in [-0.2, -0.15) is 0 Å². The Labute approximate surface area is 135 Å². The van der Waals surface area contributed by atoms with Gasteiger partial charge in [0.2, 0.25) is 11.8 Å². The van der Waals surface area contributed by atoms with Gasteiger partial charge in [0.1, 0.15) is 0 Å². The molecule has 0 unspecified atom stereocenters. The van der Waals surface area contributed by atoms with Crippen LogP contribution in [0.2, 0.25) is 5.02 Å². The molecule has 2 rings (SSSR count). The highest BCUT2D eigenvalue weighted by Crippen LogP contribution is 2.17. The lowest BCUT2D eigenvalue weighted by atomic mass is 10.0. The smallest absolute Gasteiger partial charge is 0.225 e. The molecule has 2 atom stereocenters. The van der Waals surface area contributed by atoms with Gasteiger partial charge < -0.3 is 16.0 Å². The van der Waals surface area contributed by atoms with E-state index in [-0.39, 0.29) is 30.3 Å². The van der Waals surface area contributed by atoms with Crippen molar-refractivity contribution in [3.05, 3.63) is 29.0 Å². The molecule has 6 nitrogen and oxygen atoms in total. The van der Waals surface area contributed by atoms with Crippen molar-refractivity contribution in [2.75, 3.05) is 13.1 Å². The Morgan fingerprint density at radius 3 is 2.91 bits per heavy atom. The maximum absolute atomic E-state index is 12.3. The number of likely N-dealkylation sites (tertiary alicyclic amines) is 1. The fourth-order valence-electron chi connectivity index (χ4n) is 2.56. The first-order valence-electron chi connectivity index (χ1n) is 7.35. The standard InChI is InChI=1S/C15H21ClN4O2/c1-10(21)20-8-11(4-5-12(17)9-20)15(22)19-7-14-13(16)3-2-6-18-14/h2-3,6,11-12H,4-5,7-9,17H2,1H3,(H,19,22)/t11-,12+/m1/s1. The summed E-state index contributed by atoms with van der Waals surface area (Å²) in [5, 5.41) is 3.37. The van der Waals surface area contributed by atoms with Crippen molar-refractivity contribution in [3.63, 3.8) is 0 Å². The summed E-state index contributed by atoms with van der Waals surface area (Å²) in [4.78, 5) is 29.7. The lowest BCUT2D eigenvalue weighted by molar-refractivity contribution is -0.131. The normalized spacial score (nSPS) is 22.0. The highest BCUT2D eigenvalue weighted by atomic mass is 35.5. The average Bonchev–Trinajstić information content (AvgIpc) is 2.68. The SMILES string of the molecule is CC(=O)N1C[C@@H](N)CC[C@@H](C(=O)NCc2ncccc2Cl)C1. The predicted molar refractivity (Wildman–Crippen MR) is 84.0 cm³/mol. The minimum Gasteiger partial charge on any atom is -0.350 e. The summed E-state index contributed by atoms with van der Waals surface area (Å²) >= 11 is 6.02. The Balaban J connectivity index is 1.96. The minimum atomic E-state index is -0.250. The van der Waals surface area contributed by atoms with Gasteiger partial charge in [-0.25, -0.2) is 0 Å². The van der Waals surface area contributed by atoms with E-state index in [1.807, 2.05) is 0 Å². The summed E-state index contributed by atoms with van der Waals surface area (Å²) in [6, 6.07) is 3.40. The maximum Gasteiger partial charge on any atom is 0.225 e. The molecule has 1 aromatic heterocycles. The van der Waals surface area contributed by atoms with E-state index in [4.69, 9.17) is 17.3 Å². The fourth-order valence-corrected chi connectivity index (χ4v) is 2.74. The molecule has 2 amide bonds. The van der Waals surface area contributed by atoms with Crippen LogP contribution in [0.25, 0.3) is 0 Å². The minimum absolute atomic E-state index is 0.0529. The Hall–Kier alpha value is -1.66. The van der Waals surface area contributed by atoms with Gasteiger partial charge >= 0.3 is 0 Å². The molecule has 0 spiro atoms. The van der Waals surface area contributed by atoms with Crippen molar-refractivity contribution < 1.29 is 9.59 Å². The molecule has 3 N–H and O–H groups in total. The van der Waals surface area contributed by atoms with Crippen LogP contribution in [-0.2, 0) is 16.1 Å². The second-order valence-corrected chi connectivity index (χ2v) is 6.02. The Kier molecular flexibility index (Phi) is 5.74. The molecule has 1 aliphatic rings. The molecular weight excluding hydrogens is 304 g/mol. The first-order chi connectivity index (χ1) is 10.5. The monoisotopic (exact) mass is 324 g/mol. The van der Waals surface area contributed by atoms with Crippen LogP contribution in [0.5, 0.6) is 0 Å². The molecule has 0 aliphatic carbocycles. The second-order valence-electron chi connectivity index (χ2n) is 5.61. The summed E-state index contributed by atoms with van der Waals surface area (Å²) in [7, 11) is 0. The molecule has 0 bridgehead atoms. The highest BCUT2D eigenvalue weighted by Gasteiger charge is 2.28. The zero-order chi connectivity index (χ0) is 16.1. The van der Waals surface area contributed by atoms with Gasteiger partial charge in [-0.05, 0) is 25.0 Å². The molecular formula is C15H21ClN4O2. The first kappa shape index (κ1) is 16.7. The van der Waals surface area contributed by atoms with Crippen LogP contribution >= 0.6 is 11.6 Å². The number of carbonyl (C=O) groups is 2. The van der Waals surface area contributed by atoms with Crippen LogP contribution in [-0.4, -0.2) is 40.8 Å². The first-order valence-corrected chi connectivity index (χ1v) is 7.73. The number of aromatic nitrogens is 1. The van der Waals surface area contributed by atoms with E-state index < -0.39 is 0 Å². The molecule has 0 radical (unpaired) electrons. The number of amides is 2. The van der Waals surface area contributed by atoms with Crippen LogP contribution < -0.4 is 11.1 Å². The lowest BCUT2D eigenvalue weighted by Crippen LogP contribution is -2.42.